The van der Waals surface area contributed by atoms with Gasteiger partial charge < -0.3 is 64.6 Å². The summed E-state index contributed by atoms with van der Waals surface area (Å²) in [5, 5.41) is 0. The SMILES string of the molecule is CO[Si]1(C)O[Si](C)(OC)O[Si]2(C)O[Si](C)(O1)O[Si]1(C)O[Si](C)(OC)O[Si](C)(OC)O[Si](CCCN)(O2)O1. The zero-order valence-corrected chi connectivity index (χ0v) is 31.4. The molecular formula is C14H41NO14Si8. The third-order valence-corrected chi connectivity index (χ3v) is 38.7. The summed E-state index contributed by atoms with van der Waals surface area (Å²) in [5.74, 6) is 0. The van der Waals surface area contributed by atoms with E-state index in [4.69, 9.17) is 64.6 Å². The smallest absolute Gasteiger partial charge is 0.378 e. The highest BCUT2D eigenvalue weighted by Crippen LogP contribution is 2.43. The van der Waals surface area contributed by atoms with Crippen LogP contribution in [0.15, 0.2) is 0 Å². The van der Waals surface area contributed by atoms with Gasteiger partial charge in [-0.05, 0) is 13.0 Å². The number of fused-ring (bicyclic) bond motifs is 4. The van der Waals surface area contributed by atoms with E-state index < -0.39 is 70.4 Å². The summed E-state index contributed by atoms with van der Waals surface area (Å²) in [5.41, 5.74) is 5.89. The second-order valence-corrected chi connectivity index (χ2v) is 33.2. The molecule has 8 atom stereocenters. The van der Waals surface area contributed by atoms with Gasteiger partial charge in [0.25, 0.3) is 0 Å². The molecule has 0 amide bonds. The molecule has 0 aromatic rings. The molecule has 3 aliphatic rings. The fraction of sp³-hybridized carbons (Fsp3) is 1.00. The van der Waals surface area contributed by atoms with E-state index in [1.807, 2.05) is 0 Å². The average Bonchev–Trinajstić information content (AvgIpc) is 2.73. The Bertz CT molecular complexity index is 833. The highest BCUT2D eigenvalue weighted by Gasteiger charge is 2.73. The summed E-state index contributed by atoms with van der Waals surface area (Å²) < 4.78 is 88.5. The van der Waals surface area contributed by atoms with Gasteiger partial charge >= 0.3 is 70.4 Å². The fourth-order valence-electron chi connectivity index (χ4n) is 4.34. The Balaban J connectivity index is 2.21. The van der Waals surface area contributed by atoms with Gasteiger partial charge in [-0.15, -0.1) is 0 Å². The summed E-state index contributed by atoms with van der Waals surface area (Å²) in [7, 11) is -22.6. The molecule has 15 nitrogen and oxygen atoms in total. The molecule has 0 radical (unpaired) electrons. The Morgan fingerprint density at radius 2 is 0.784 bits per heavy atom. The first-order valence-electron chi connectivity index (χ1n) is 11.8. The Hall–Kier alpha value is 1.14. The van der Waals surface area contributed by atoms with Crippen molar-refractivity contribution in [2.24, 2.45) is 5.73 Å². The maximum Gasteiger partial charge on any atom is 0.482 e. The van der Waals surface area contributed by atoms with E-state index in [-0.39, 0.29) is 0 Å². The normalized spacial score (nSPS) is 51.2. The summed E-state index contributed by atoms with van der Waals surface area (Å²) in [6.07, 6.45) is 0.518. The van der Waals surface area contributed by atoms with E-state index in [9.17, 15) is 0 Å². The van der Waals surface area contributed by atoms with Crippen LogP contribution < -0.4 is 5.73 Å². The van der Waals surface area contributed by atoms with Crippen LogP contribution >= 0.6 is 0 Å². The molecule has 0 spiro atoms. The molecule has 3 aliphatic heterocycles. The molecule has 0 saturated carbocycles. The van der Waals surface area contributed by atoms with Gasteiger partial charge in [-0.1, -0.05) is 0 Å². The maximum absolute atomic E-state index is 6.77. The lowest BCUT2D eigenvalue weighted by Gasteiger charge is -2.54. The lowest BCUT2D eigenvalue weighted by atomic mass is 10.5. The van der Waals surface area contributed by atoms with E-state index in [0.29, 0.717) is 19.0 Å². The van der Waals surface area contributed by atoms with Crippen molar-refractivity contribution in [1.29, 1.82) is 0 Å². The van der Waals surface area contributed by atoms with Crippen molar-refractivity contribution in [2.45, 2.75) is 58.3 Å². The lowest BCUT2D eigenvalue weighted by molar-refractivity contribution is 0.0126. The molecule has 37 heavy (non-hydrogen) atoms. The molecular weight excluding hydrogens is 631 g/mol. The van der Waals surface area contributed by atoms with Gasteiger partial charge in [0, 0.05) is 80.3 Å². The Kier molecular flexibility index (Phi) is 9.78. The first-order chi connectivity index (χ1) is 16.9. The molecule has 3 fully saturated rings. The van der Waals surface area contributed by atoms with Crippen molar-refractivity contribution in [2.75, 3.05) is 35.0 Å². The minimum atomic E-state index is -3.79. The largest absolute Gasteiger partial charge is 0.482 e. The van der Waals surface area contributed by atoms with Crippen LogP contribution in [-0.2, 0) is 58.9 Å². The van der Waals surface area contributed by atoms with E-state index in [2.05, 4.69) is 0 Å². The minimum absolute atomic E-state index is 0.310. The van der Waals surface area contributed by atoms with Gasteiger partial charge in [0.15, 0.2) is 0 Å². The van der Waals surface area contributed by atoms with Gasteiger partial charge in [-0.2, -0.15) is 0 Å². The zero-order chi connectivity index (χ0) is 28.0. The number of hydrogen-bond donors (Lipinski definition) is 1. The highest BCUT2D eigenvalue weighted by molar-refractivity contribution is 6.97. The minimum Gasteiger partial charge on any atom is -0.378 e. The van der Waals surface area contributed by atoms with Gasteiger partial charge in [0.05, 0.1) is 0 Å². The molecule has 0 aromatic carbocycles. The zero-order valence-electron chi connectivity index (χ0n) is 23.4. The molecule has 3 heterocycles. The van der Waals surface area contributed by atoms with E-state index >= 15 is 0 Å². The number of hydrogen-bond acceptors (Lipinski definition) is 15. The monoisotopic (exact) mass is 671 g/mol. The van der Waals surface area contributed by atoms with Crippen LogP contribution in [0.25, 0.3) is 0 Å². The second-order valence-electron chi connectivity index (χ2n) is 9.45. The van der Waals surface area contributed by atoms with Crippen LogP contribution in [0.1, 0.15) is 6.42 Å². The first-order valence-corrected chi connectivity index (χ1v) is 29.3. The molecule has 8 unspecified atom stereocenters. The van der Waals surface area contributed by atoms with Crippen molar-refractivity contribution in [3.8, 4) is 0 Å². The maximum atomic E-state index is 6.77. The van der Waals surface area contributed by atoms with Gasteiger partial charge in [0.2, 0.25) is 0 Å². The van der Waals surface area contributed by atoms with Crippen LogP contribution in [0.2, 0.25) is 51.9 Å². The molecule has 0 aromatic heterocycles. The molecule has 2 N–H and O–H groups in total. The van der Waals surface area contributed by atoms with Crippen LogP contribution in [0.3, 0.4) is 0 Å². The van der Waals surface area contributed by atoms with Crippen molar-refractivity contribution in [3.05, 3.63) is 0 Å². The van der Waals surface area contributed by atoms with E-state index in [1.165, 1.54) is 28.4 Å². The molecule has 218 valence electrons. The quantitative estimate of drug-likeness (QED) is 0.383. The first kappa shape index (κ1) is 32.6. The van der Waals surface area contributed by atoms with Crippen LogP contribution in [0, 0.1) is 0 Å². The predicted molar refractivity (Wildman–Crippen MR) is 144 cm³/mol. The van der Waals surface area contributed by atoms with Crippen LogP contribution in [-0.4, -0.2) is 105 Å². The Labute approximate surface area is 227 Å². The summed E-state index contributed by atoms with van der Waals surface area (Å²) in [4.78, 5) is 0. The van der Waals surface area contributed by atoms with Gasteiger partial charge in [0.1, 0.15) is 0 Å². The standard InChI is InChI=1S/C14H41NO14Si8/c1-16-30(5)20-31(6,17-2)23-35(10)25-34(9,22-30)26-36(11)24-32(7,18-3)21-33(8,19-4)27-37(28-35,29-36)14-12-13-15/h12-15H2,1-11H3. The van der Waals surface area contributed by atoms with Crippen molar-refractivity contribution < 1.29 is 58.9 Å². The Morgan fingerprint density at radius 1 is 0.459 bits per heavy atom. The van der Waals surface area contributed by atoms with Crippen molar-refractivity contribution in [1.82, 2.24) is 0 Å². The van der Waals surface area contributed by atoms with Gasteiger partial charge in [-0.3, -0.25) is 0 Å². The lowest BCUT2D eigenvalue weighted by Crippen LogP contribution is -2.80. The second kappa shape index (κ2) is 11.1. The number of rotatable bonds is 7. The van der Waals surface area contributed by atoms with Crippen LogP contribution in [0.4, 0.5) is 0 Å². The third-order valence-electron chi connectivity index (χ3n) is 5.79. The molecule has 4 bridgehead atoms. The molecule has 0 aliphatic carbocycles. The summed E-state index contributed by atoms with van der Waals surface area (Å²) in [6.45, 7) is 12.4. The van der Waals surface area contributed by atoms with Crippen LogP contribution in [0.5, 0.6) is 0 Å². The predicted octanol–water partition coefficient (Wildman–Crippen LogP) is 1.05. The number of nitrogens with two attached hydrogens (primary N) is 1. The van der Waals surface area contributed by atoms with E-state index in [1.54, 1.807) is 45.8 Å². The Morgan fingerprint density at radius 3 is 1.11 bits per heavy atom. The molecule has 23 heteroatoms. The van der Waals surface area contributed by atoms with E-state index in [0.717, 1.165) is 0 Å². The van der Waals surface area contributed by atoms with Gasteiger partial charge in [-0.25, -0.2) is 0 Å². The summed E-state index contributed by atoms with van der Waals surface area (Å²) in [6, 6.07) is 0.310. The van der Waals surface area contributed by atoms with Crippen molar-refractivity contribution >= 4 is 70.4 Å². The summed E-state index contributed by atoms with van der Waals surface area (Å²) >= 11 is 0. The third kappa shape index (κ3) is 7.51. The van der Waals surface area contributed by atoms with Crippen molar-refractivity contribution in [3.63, 3.8) is 0 Å². The molecule has 3 rings (SSSR count). The topological polar surface area (TPSA) is 155 Å². The highest BCUT2D eigenvalue weighted by atomic mass is 28.6. The fourth-order valence-corrected chi connectivity index (χ4v) is 43.2. The average molecular weight is 672 g/mol. The molecule has 3 saturated heterocycles.